The van der Waals surface area contributed by atoms with Crippen molar-refractivity contribution >= 4 is 5.69 Å². The van der Waals surface area contributed by atoms with Crippen molar-refractivity contribution in [3.8, 4) is 11.5 Å². The molecule has 2 aliphatic rings. The third-order valence-corrected chi connectivity index (χ3v) is 4.97. The van der Waals surface area contributed by atoms with Gasteiger partial charge in [-0.15, -0.1) is 0 Å². The largest absolute Gasteiger partial charge is 0.496 e. The minimum atomic E-state index is 0.765. The van der Waals surface area contributed by atoms with Gasteiger partial charge in [-0.25, -0.2) is 0 Å². The normalized spacial score (nSPS) is 15.8. The van der Waals surface area contributed by atoms with Crippen LogP contribution in [-0.4, -0.2) is 20.3 Å². The van der Waals surface area contributed by atoms with E-state index >= 15 is 0 Å². The topological polar surface area (TPSA) is 21.7 Å². The predicted octanol–water partition coefficient (Wildman–Crippen LogP) is 3.89. The van der Waals surface area contributed by atoms with E-state index < -0.39 is 0 Å². The molecule has 1 aliphatic carbocycles. The lowest BCUT2D eigenvalue weighted by molar-refractivity contribution is 0.306. The standard InChI is InChI=1S/C20H23NO2/c1-14-10-15(6-7-19(14)22-2)13-21-8-9-23-20-12-17-5-3-4-16(17)11-18(20)21/h6-7,10-12H,3-5,8-9,13H2,1-2H3. The Hall–Kier alpha value is -2.16. The smallest absolute Gasteiger partial charge is 0.142 e. The number of methoxy groups -OCH3 is 1. The molecule has 0 spiro atoms. The second-order valence-electron chi connectivity index (χ2n) is 6.52. The molecule has 0 unspecified atom stereocenters. The average molecular weight is 309 g/mol. The molecule has 2 aromatic rings. The minimum Gasteiger partial charge on any atom is -0.496 e. The monoisotopic (exact) mass is 309 g/mol. The van der Waals surface area contributed by atoms with Crippen molar-refractivity contribution in [2.45, 2.75) is 32.7 Å². The lowest BCUT2D eigenvalue weighted by Gasteiger charge is -2.32. The van der Waals surface area contributed by atoms with Crippen LogP contribution < -0.4 is 14.4 Å². The molecule has 2 aromatic carbocycles. The SMILES string of the molecule is COc1ccc(CN2CCOc3cc4c(cc32)CCC4)cc1C. The summed E-state index contributed by atoms with van der Waals surface area (Å²) in [7, 11) is 1.72. The van der Waals surface area contributed by atoms with Crippen LogP contribution in [0.25, 0.3) is 0 Å². The quantitative estimate of drug-likeness (QED) is 0.858. The Bertz CT molecular complexity index is 739. The minimum absolute atomic E-state index is 0.765. The van der Waals surface area contributed by atoms with E-state index in [0.717, 1.165) is 31.2 Å². The van der Waals surface area contributed by atoms with Crippen LogP contribution in [0.4, 0.5) is 5.69 Å². The van der Waals surface area contributed by atoms with Crippen LogP contribution in [0.5, 0.6) is 11.5 Å². The number of hydrogen-bond donors (Lipinski definition) is 0. The maximum absolute atomic E-state index is 5.92. The fourth-order valence-electron chi connectivity index (χ4n) is 3.76. The Morgan fingerprint density at radius 3 is 2.74 bits per heavy atom. The van der Waals surface area contributed by atoms with Crippen LogP contribution in [0, 0.1) is 6.92 Å². The highest BCUT2D eigenvalue weighted by molar-refractivity contribution is 5.64. The first-order valence-electron chi connectivity index (χ1n) is 8.41. The van der Waals surface area contributed by atoms with Crippen molar-refractivity contribution in [1.82, 2.24) is 0 Å². The lowest BCUT2D eigenvalue weighted by Crippen LogP contribution is -2.32. The second kappa shape index (κ2) is 5.80. The van der Waals surface area contributed by atoms with Gasteiger partial charge in [-0.1, -0.05) is 12.1 Å². The van der Waals surface area contributed by atoms with Gasteiger partial charge in [0.05, 0.1) is 19.3 Å². The molecule has 1 heterocycles. The van der Waals surface area contributed by atoms with E-state index in [4.69, 9.17) is 9.47 Å². The summed E-state index contributed by atoms with van der Waals surface area (Å²) in [5.41, 5.74) is 6.74. The van der Waals surface area contributed by atoms with E-state index in [1.165, 1.54) is 47.2 Å². The van der Waals surface area contributed by atoms with E-state index in [1.807, 2.05) is 0 Å². The first-order valence-corrected chi connectivity index (χ1v) is 8.41. The van der Waals surface area contributed by atoms with Crippen LogP contribution in [0.1, 0.15) is 28.7 Å². The van der Waals surface area contributed by atoms with Crippen molar-refractivity contribution in [1.29, 1.82) is 0 Å². The van der Waals surface area contributed by atoms with Gasteiger partial charge in [0.25, 0.3) is 0 Å². The maximum atomic E-state index is 5.92. The molecule has 0 radical (unpaired) electrons. The first-order chi connectivity index (χ1) is 11.2. The van der Waals surface area contributed by atoms with Gasteiger partial charge in [-0.05, 0) is 66.6 Å². The number of fused-ring (bicyclic) bond motifs is 2. The molecule has 4 rings (SSSR count). The Labute approximate surface area is 137 Å². The van der Waals surface area contributed by atoms with Gasteiger partial charge in [0, 0.05) is 6.54 Å². The number of anilines is 1. The Balaban J connectivity index is 1.63. The lowest BCUT2D eigenvalue weighted by atomic mass is 10.1. The Morgan fingerprint density at radius 1 is 1.13 bits per heavy atom. The number of ether oxygens (including phenoxy) is 2. The fourth-order valence-corrected chi connectivity index (χ4v) is 3.76. The fraction of sp³-hybridized carbons (Fsp3) is 0.400. The summed E-state index contributed by atoms with van der Waals surface area (Å²) in [6.07, 6.45) is 3.68. The van der Waals surface area contributed by atoms with E-state index in [2.05, 4.69) is 42.2 Å². The molecule has 1 aliphatic heterocycles. The summed E-state index contributed by atoms with van der Waals surface area (Å²) in [6, 6.07) is 11.1. The molecule has 0 bridgehead atoms. The third-order valence-electron chi connectivity index (χ3n) is 4.97. The second-order valence-corrected chi connectivity index (χ2v) is 6.52. The molecule has 3 heteroatoms. The summed E-state index contributed by atoms with van der Waals surface area (Å²) < 4.78 is 11.3. The van der Waals surface area contributed by atoms with Crippen molar-refractivity contribution in [3.63, 3.8) is 0 Å². The summed E-state index contributed by atoms with van der Waals surface area (Å²) in [6.45, 7) is 4.72. The molecule has 0 saturated heterocycles. The van der Waals surface area contributed by atoms with E-state index in [9.17, 15) is 0 Å². The summed E-state index contributed by atoms with van der Waals surface area (Å²) in [4.78, 5) is 2.44. The van der Waals surface area contributed by atoms with Crippen molar-refractivity contribution < 1.29 is 9.47 Å². The van der Waals surface area contributed by atoms with Gasteiger partial charge in [-0.3, -0.25) is 0 Å². The zero-order chi connectivity index (χ0) is 15.8. The number of hydrogen-bond acceptors (Lipinski definition) is 3. The van der Waals surface area contributed by atoms with E-state index in [-0.39, 0.29) is 0 Å². The molecule has 0 N–H and O–H groups in total. The number of rotatable bonds is 3. The Kier molecular flexibility index (Phi) is 3.64. The van der Waals surface area contributed by atoms with Gasteiger partial charge in [-0.2, -0.15) is 0 Å². The van der Waals surface area contributed by atoms with Crippen LogP contribution in [0.2, 0.25) is 0 Å². The van der Waals surface area contributed by atoms with Crippen LogP contribution >= 0.6 is 0 Å². The maximum Gasteiger partial charge on any atom is 0.142 e. The zero-order valence-corrected chi connectivity index (χ0v) is 13.9. The van der Waals surface area contributed by atoms with Crippen LogP contribution in [0.3, 0.4) is 0 Å². The number of nitrogens with zero attached hydrogens (tertiary/aromatic N) is 1. The molecular weight excluding hydrogens is 286 g/mol. The molecule has 0 atom stereocenters. The van der Waals surface area contributed by atoms with Gasteiger partial charge in [0.15, 0.2) is 0 Å². The molecule has 0 aromatic heterocycles. The average Bonchev–Trinajstić information content (AvgIpc) is 3.01. The molecule has 120 valence electrons. The molecule has 23 heavy (non-hydrogen) atoms. The molecule has 0 fully saturated rings. The highest BCUT2D eigenvalue weighted by atomic mass is 16.5. The number of benzene rings is 2. The summed E-state index contributed by atoms with van der Waals surface area (Å²) in [5, 5.41) is 0. The number of aryl methyl sites for hydroxylation is 3. The van der Waals surface area contributed by atoms with Gasteiger partial charge in [0.2, 0.25) is 0 Å². The van der Waals surface area contributed by atoms with Crippen molar-refractivity contribution in [2.75, 3.05) is 25.2 Å². The zero-order valence-electron chi connectivity index (χ0n) is 13.9. The Morgan fingerprint density at radius 2 is 1.96 bits per heavy atom. The van der Waals surface area contributed by atoms with Crippen LogP contribution in [0.15, 0.2) is 30.3 Å². The summed E-state index contributed by atoms with van der Waals surface area (Å²) in [5.74, 6) is 2.01. The molecular formula is C20H23NO2. The van der Waals surface area contributed by atoms with Crippen molar-refractivity contribution in [2.24, 2.45) is 0 Å². The molecule has 3 nitrogen and oxygen atoms in total. The first kappa shape index (κ1) is 14.4. The highest BCUT2D eigenvalue weighted by Crippen LogP contribution is 2.38. The van der Waals surface area contributed by atoms with Crippen molar-refractivity contribution in [3.05, 3.63) is 52.6 Å². The van der Waals surface area contributed by atoms with Crippen LogP contribution in [-0.2, 0) is 19.4 Å². The highest BCUT2D eigenvalue weighted by Gasteiger charge is 2.22. The third kappa shape index (κ3) is 2.65. The van der Waals surface area contributed by atoms with Gasteiger partial charge >= 0.3 is 0 Å². The van der Waals surface area contributed by atoms with Gasteiger partial charge < -0.3 is 14.4 Å². The van der Waals surface area contributed by atoms with Gasteiger partial charge in [0.1, 0.15) is 18.1 Å². The molecule has 0 amide bonds. The van der Waals surface area contributed by atoms with E-state index in [1.54, 1.807) is 7.11 Å². The molecule has 0 saturated carbocycles. The summed E-state index contributed by atoms with van der Waals surface area (Å²) >= 11 is 0. The predicted molar refractivity (Wildman–Crippen MR) is 92.7 cm³/mol. The van der Waals surface area contributed by atoms with E-state index in [0.29, 0.717) is 0 Å².